The van der Waals surface area contributed by atoms with Gasteiger partial charge in [0.15, 0.2) is 5.79 Å². The summed E-state index contributed by atoms with van der Waals surface area (Å²) in [5.74, 6) is 2.87. The van der Waals surface area contributed by atoms with E-state index in [1.807, 2.05) is 0 Å². The fourth-order valence-corrected chi connectivity index (χ4v) is 5.42. The van der Waals surface area contributed by atoms with E-state index >= 15 is 0 Å². The largest absolute Gasteiger partial charge is 0.343 e. The third-order valence-corrected chi connectivity index (χ3v) is 6.05. The van der Waals surface area contributed by atoms with Gasteiger partial charge in [-0.2, -0.15) is 0 Å². The Morgan fingerprint density at radius 2 is 1.61 bits per heavy atom. The van der Waals surface area contributed by atoms with Crippen LogP contribution in [0.3, 0.4) is 0 Å². The number of ether oxygens (including phenoxy) is 2. The van der Waals surface area contributed by atoms with Crippen molar-refractivity contribution in [1.29, 1.82) is 0 Å². The molecule has 3 saturated carbocycles. The molecule has 4 rings (SSSR count). The third kappa shape index (κ3) is 1.54. The van der Waals surface area contributed by atoms with Crippen molar-refractivity contribution in [3.05, 3.63) is 0 Å². The molecule has 0 aromatic heterocycles. The summed E-state index contributed by atoms with van der Waals surface area (Å²) in [6.07, 6.45) is 10.0. The minimum atomic E-state index is -0.194. The molecule has 1 saturated heterocycles. The number of hydrogen-bond acceptors (Lipinski definition) is 2. The van der Waals surface area contributed by atoms with Gasteiger partial charge < -0.3 is 9.47 Å². The van der Waals surface area contributed by atoms with Gasteiger partial charge in [-0.1, -0.05) is 13.8 Å². The van der Waals surface area contributed by atoms with Gasteiger partial charge in [0, 0.05) is 11.8 Å². The summed E-state index contributed by atoms with van der Waals surface area (Å²) in [6.45, 7) is 4.79. The zero-order chi connectivity index (χ0) is 12.3. The van der Waals surface area contributed by atoms with E-state index in [0.717, 1.165) is 11.8 Å². The Morgan fingerprint density at radius 3 is 2.33 bits per heavy atom. The van der Waals surface area contributed by atoms with Gasteiger partial charge in [-0.15, -0.1) is 0 Å². The highest BCUT2D eigenvalue weighted by Gasteiger charge is 2.59. The van der Waals surface area contributed by atoms with E-state index in [4.69, 9.17) is 9.47 Å². The topological polar surface area (TPSA) is 18.5 Å². The van der Waals surface area contributed by atoms with Crippen LogP contribution < -0.4 is 0 Å². The first-order valence-corrected chi connectivity index (χ1v) is 8.03. The standard InChI is InChI=1S/C16H26O2/c1-10-6-12-8-11(2)16(13(7-10)9-12)17-14-4-3-5-15(14)18-16/h10-15H,3-9H2,1-2H3. The smallest absolute Gasteiger partial charge is 0.174 e. The first kappa shape index (κ1) is 11.7. The second kappa shape index (κ2) is 3.96. The van der Waals surface area contributed by atoms with Crippen LogP contribution in [0, 0.1) is 23.7 Å². The van der Waals surface area contributed by atoms with E-state index in [0.29, 0.717) is 24.0 Å². The van der Waals surface area contributed by atoms with E-state index in [-0.39, 0.29) is 5.79 Å². The van der Waals surface area contributed by atoms with Crippen molar-refractivity contribution in [3.8, 4) is 0 Å². The van der Waals surface area contributed by atoms with Gasteiger partial charge in [0.2, 0.25) is 0 Å². The molecule has 4 aliphatic rings. The predicted molar refractivity (Wildman–Crippen MR) is 70.1 cm³/mol. The van der Waals surface area contributed by atoms with Gasteiger partial charge in [0.1, 0.15) is 0 Å². The molecule has 2 heteroatoms. The van der Waals surface area contributed by atoms with Crippen molar-refractivity contribution in [2.24, 2.45) is 23.7 Å². The van der Waals surface area contributed by atoms with Crippen LogP contribution in [0.25, 0.3) is 0 Å². The first-order valence-electron chi connectivity index (χ1n) is 8.03. The van der Waals surface area contributed by atoms with Crippen LogP contribution >= 0.6 is 0 Å². The summed E-state index contributed by atoms with van der Waals surface area (Å²) < 4.78 is 13.1. The van der Waals surface area contributed by atoms with Gasteiger partial charge in [0.25, 0.3) is 0 Å². The molecule has 2 nitrogen and oxygen atoms in total. The lowest BCUT2D eigenvalue weighted by atomic mass is 9.62. The van der Waals surface area contributed by atoms with Crippen molar-refractivity contribution in [2.45, 2.75) is 76.8 Å². The fourth-order valence-electron chi connectivity index (χ4n) is 5.42. The molecule has 1 heterocycles. The minimum Gasteiger partial charge on any atom is -0.343 e. The van der Waals surface area contributed by atoms with E-state index in [9.17, 15) is 0 Å². The molecule has 0 aromatic rings. The molecular formula is C16H26O2. The van der Waals surface area contributed by atoms with E-state index in [1.54, 1.807) is 0 Å². The summed E-state index contributed by atoms with van der Waals surface area (Å²) in [5.41, 5.74) is 0. The van der Waals surface area contributed by atoms with Crippen molar-refractivity contribution < 1.29 is 9.47 Å². The van der Waals surface area contributed by atoms with E-state index in [2.05, 4.69) is 13.8 Å². The zero-order valence-corrected chi connectivity index (χ0v) is 11.7. The molecule has 0 radical (unpaired) electrons. The van der Waals surface area contributed by atoms with Crippen molar-refractivity contribution in [3.63, 3.8) is 0 Å². The molecule has 3 aliphatic carbocycles. The first-order chi connectivity index (χ1) is 8.67. The maximum absolute atomic E-state index is 6.54. The summed E-state index contributed by atoms with van der Waals surface area (Å²) in [7, 11) is 0. The highest BCUT2D eigenvalue weighted by atomic mass is 16.8. The number of rotatable bonds is 0. The molecule has 4 fully saturated rings. The van der Waals surface area contributed by atoms with Gasteiger partial charge in [-0.3, -0.25) is 0 Å². The summed E-state index contributed by atoms with van der Waals surface area (Å²) >= 11 is 0. The Balaban J connectivity index is 1.62. The van der Waals surface area contributed by atoms with Crippen LogP contribution in [0.2, 0.25) is 0 Å². The van der Waals surface area contributed by atoms with Gasteiger partial charge in [0.05, 0.1) is 12.2 Å². The SMILES string of the molecule is CC1CC2CC(C)C3(OC4CCCC4O3)C(C1)C2. The van der Waals surface area contributed by atoms with Crippen molar-refractivity contribution >= 4 is 0 Å². The lowest BCUT2D eigenvalue weighted by Crippen LogP contribution is -2.53. The molecule has 2 bridgehead atoms. The molecular weight excluding hydrogens is 224 g/mol. The third-order valence-electron chi connectivity index (χ3n) is 6.05. The maximum Gasteiger partial charge on any atom is 0.174 e. The highest BCUT2D eigenvalue weighted by molar-refractivity contribution is 5.02. The number of fused-ring (bicyclic) bond motifs is 4. The van der Waals surface area contributed by atoms with Gasteiger partial charge >= 0.3 is 0 Å². The predicted octanol–water partition coefficient (Wildman–Crippen LogP) is 3.74. The second-order valence-electron chi connectivity index (χ2n) is 7.48. The van der Waals surface area contributed by atoms with Gasteiger partial charge in [-0.05, 0) is 56.8 Å². The Morgan fingerprint density at radius 1 is 0.889 bits per heavy atom. The Bertz CT molecular complexity index is 324. The molecule has 0 N–H and O–H groups in total. The van der Waals surface area contributed by atoms with Crippen molar-refractivity contribution in [1.82, 2.24) is 0 Å². The molecule has 18 heavy (non-hydrogen) atoms. The quantitative estimate of drug-likeness (QED) is 0.652. The fraction of sp³-hybridized carbons (Fsp3) is 1.00. The monoisotopic (exact) mass is 250 g/mol. The Labute approximate surface area is 110 Å². The van der Waals surface area contributed by atoms with Crippen LogP contribution in [-0.2, 0) is 9.47 Å². The molecule has 102 valence electrons. The van der Waals surface area contributed by atoms with Crippen LogP contribution in [-0.4, -0.2) is 18.0 Å². The van der Waals surface area contributed by atoms with E-state index in [1.165, 1.54) is 44.9 Å². The van der Waals surface area contributed by atoms with Crippen LogP contribution in [0.15, 0.2) is 0 Å². The molecule has 1 spiro atoms. The minimum absolute atomic E-state index is 0.194. The van der Waals surface area contributed by atoms with Crippen molar-refractivity contribution in [2.75, 3.05) is 0 Å². The molecule has 0 amide bonds. The molecule has 6 atom stereocenters. The Kier molecular flexibility index (Phi) is 2.58. The molecule has 1 aliphatic heterocycles. The lowest BCUT2D eigenvalue weighted by molar-refractivity contribution is -0.274. The number of hydrogen-bond donors (Lipinski definition) is 0. The summed E-state index contributed by atoms with van der Waals surface area (Å²) in [4.78, 5) is 0. The summed E-state index contributed by atoms with van der Waals surface area (Å²) in [6, 6.07) is 0. The highest BCUT2D eigenvalue weighted by Crippen LogP contribution is 2.56. The Hall–Kier alpha value is -0.0800. The van der Waals surface area contributed by atoms with Crippen LogP contribution in [0.4, 0.5) is 0 Å². The average Bonchev–Trinajstić information content (AvgIpc) is 2.84. The van der Waals surface area contributed by atoms with E-state index < -0.39 is 0 Å². The van der Waals surface area contributed by atoms with Gasteiger partial charge in [-0.25, -0.2) is 0 Å². The molecule has 0 aromatic carbocycles. The van der Waals surface area contributed by atoms with Crippen LogP contribution in [0.5, 0.6) is 0 Å². The zero-order valence-electron chi connectivity index (χ0n) is 11.7. The maximum atomic E-state index is 6.54. The second-order valence-corrected chi connectivity index (χ2v) is 7.48. The van der Waals surface area contributed by atoms with Crippen LogP contribution in [0.1, 0.15) is 58.8 Å². The summed E-state index contributed by atoms with van der Waals surface area (Å²) in [5, 5.41) is 0. The average molecular weight is 250 g/mol. The molecule has 6 unspecified atom stereocenters. The lowest BCUT2D eigenvalue weighted by Gasteiger charge is -2.51. The normalized spacial score (nSPS) is 59.0.